The zero-order valence-electron chi connectivity index (χ0n) is 28.6. The molecule has 3 heterocycles. The second-order valence-corrected chi connectivity index (χ2v) is 12.9. The zero-order chi connectivity index (χ0) is 36.3. The van der Waals surface area contributed by atoms with E-state index in [1.165, 1.54) is 26.4 Å². The molecular formula is C37H41F3N6O5. The number of nitrogens with one attached hydrogen (secondary N) is 3. The highest BCUT2D eigenvalue weighted by atomic mass is 19.4. The molecule has 1 aromatic heterocycles. The lowest BCUT2D eigenvalue weighted by molar-refractivity contribution is -0.140. The minimum atomic E-state index is -4.78. The van der Waals surface area contributed by atoms with Gasteiger partial charge in [0.25, 0.3) is 0 Å². The fourth-order valence-corrected chi connectivity index (χ4v) is 7.55. The number of hydrogen-bond donors (Lipinski definition) is 4. The van der Waals surface area contributed by atoms with Crippen LogP contribution in [0.3, 0.4) is 0 Å². The molecule has 2 atom stereocenters. The molecule has 2 aliphatic rings. The molecule has 2 aliphatic heterocycles. The number of carbonyl (C=O) groups is 2. The molecule has 14 heteroatoms. The number of nitrogens with zero attached hydrogens (tertiary/aromatic N) is 2. The molecule has 0 radical (unpaired) electrons. The monoisotopic (exact) mass is 706 g/mol. The number of pyridine rings is 1. The number of aromatic nitrogens is 1. The van der Waals surface area contributed by atoms with Crippen LogP contribution in [0.25, 0.3) is 10.9 Å². The molecule has 5 N–H and O–H groups in total. The van der Waals surface area contributed by atoms with Gasteiger partial charge in [0.05, 0.1) is 31.0 Å². The van der Waals surface area contributed by atoms with Gasteiger partial charge in [-0.3, -0.25) is 14.7 Å². The van der Waals surface area contributed by atoms with Gasteiger partial charge in [-0.1, -0.05) is 18.2 Å². The van der Waals surface area contributed by atoms with Crippen molar-refractivity contribution >= 4 is 34.2 Å². The number of carbonyl (C=O) groups excluding carboxylic acids is 2. The van der Waals surface area contributed by atoms with Crippen LogP contribution in [0.4, 0.5) is 29.3 Å². The third-order valence-corrected chi connectivity index (χ3v) is 9.88. The molecule has 4 aromatic rings. The lowest BCUT2D eigenvalue weighted by atomic mass is 9.74. The van der Waals surface area contributed by atoms with E-state index in [0.29, 0.717) is 84.9 Å². The number of alkyl halides is 3. The van der Waals surface area contributed by atoms with Crippen molar-refractivity contribution in [2.24, 2.45) is 11.7 Å². The van der Waals surface area contributed by atoms with Crippen molar-refractivity contribution in [2.45, 2.75) is 50.4 Å². The molecule has 0 bridgehead atoms. The number of hydrogen-bond acceptors (Lipinski definition) is 8. The van der Waals surface area contributed by atoms with Crippen molar-refractivity contribution in [1.82, 2.24) is 15.2 Å². The number of anilines is 2. The number of amides is 3. The number of primary amides is 1. The Morgan fingerprint density at radius 2 is 1.71 bits per heavy atom. The molecule has 270 valence electrons. The van der Waals surface area contributed by atoms with Crippen LogP contribution >= 0.6 is 0 Å². The second kappa shape index (κ2) is 14.6. The molecule has 2 saturated heterocycles. The summed E-state index contributed by atoms with van der Waals surface area (Å²) < 4.78 is 62.3. The molecule has 2 unspecified atom stereocenters. The van der Waals surface area contributed by atoms with E-state index in [-0.39, 0.29) is 23.2 Å². The van der Waals surface area contributed by atoms with Crippen molar-refractivity contribution < 1.29 is 37.0 Å². The van der Waals surface area contributed by atoms with E-state index in [9.17, 15) is 9.59 Å². The molecule has 0 aliphatic carbocycles. The molecule has 0 saturated carbocycles. The van der Waals surface area contributed by atoms with Gasteiger partial charge < -0.3 is 35.9 Å². The zero-order valence-corrected chi connectivity index (χ0v) is 28.6. The number of piperidine rings is 2. The number of halogens is 3. The van der Waals surface area contributed by atoms with Crippen LogP contribution in [0, 0.1) is 5.92 Å². The third-order valence-electron chi connectivity index (χ3n) is 9.88. The van der Waals surface area contributed by atoms with Crippen molar-refractivity contribution in [3.05, 3.63) is 78.0 Å². The normalized spacial score (nSPS) is 19.3. The Morgan fingerprint density at radius 3 is 2.39 bits per heavy atom. The summed E-state index contributed by atoms with van der Waals surface area (Å²) >= 11 is 0. The van der Waals surface area contributed by atoms with E-state index in [0.717, 1.165) is 0 Å². The molecule has 6 rings (SSSR count). The Morgan fingerprint density at radius 1 is 0.980 bits per heavy atom. The Kier molecular flexibility index (Phi) is 10.3. The highest BCUT2D eigenvalue weighted by molar-refractivity contribution is 6.00. The average Bonchev–Trinajstić information content (AvgIpc) is 3.11. The summed E-state index contributed by atoms with van der Waals surface area (Å²) in [5, 5.41) is 9.06. The molecule has 11 nitrogen and oxygen atoms in total. The van der Waals surface area contributed by atoms with Gasteiger partial charge in [0.15, 0.2) is 11.5 Å². The van der Waals surface area contributed by atoms with Gasteiger partial charge >= 0.3 is 12.2 Å². The Hall–Kier alpha value is -5.08. The van der Waals surface area contributed by atoms with Crippen LogP contribution in [0.1, 0.15) is 43.7 Å². The van der Waals surface area contributed by atoms with Gasteiger partial charge in [-0.2, -0.15) is 13.2 Å². The lowest BCUT2D eigenvalue weighted by Gasteiger charge is -2.53. The number of fused-ring (bicyclic) bond motifs is 1. The van der Waals surface area contributed by atoms with E-state index >= 15 is 13.2 Å². The summed E-state index contributed by atoms with van der Waals surface area (Å²) in [4.78, 5) is 31.8. The standard InChI is InChI=1S/C37H41F3N6O5/c1-22-18-23(34(41)47)11-17-46(22)36(12-15-42-16-13-36)27-8-5-9-28(33(27)37(38,39)40)45-35(48)44-24-6-4-7-25(19-24)51-30-10-14-43-29-21-32(50-3)31(49-2)20-26(29)30/h4-10,14,19-23,42H,11-13,15-18H2,1-3H3,(H2,41,47)(H2,44,45,48). The van der Waals surface area contributed by atoms with Gasteiger partial charge in [-0.25, -0.2) is 4.79 Å². The van der Waals surface area contributed by atoms with Crippen LogP contribution in [0.2, 0.25) is 0 Å². The fraction of sp³-hybridized carbons (Fsp3) is 0.378. The smallest absolute Gasteiger partial charge is 0.418 e. The lowest BCUT2D eigenvalue weighted by Crippen LogP contribution is -2.59. The third kappa shape index (κ3) is 7.38. The number of urea groups is 1. The maximum atomic E-state index is 15.1. The van der Waals surface area contributed by atoms with E-state index in [1.807, 2.05) is 6.92 Å². The molecule has 3 aromatic carbocycles. The maximum absolute atomic E-state index is 15.1. The summed E-state index contributed by atoms with van der Waals surface area (Å²) in [6.45, 7) is 3.41. The molecular weight excluding hydrogens is 665 g/mol. The summed E-state index contributed by atoms with van der Waals surface area (Å²) in [6.07, 6.45) is -1.40. The minimum absolute atomic E-state index is 0.105. The predicted octanol–water partition coefficient (Wildman–Crippen LogP) is 6.87. The summed E-state index contributed by atoms with van der Waals surface area (Å²) in [5.74, 6) is 1.12. The van der Waals surface area contributed by atoms with Crippen molar-refractivity contribution in [3.63, 3.8) is 0 Å². The van der Waals surface area contributed by atoms with Crippen LogP contribution in [0.5, 0.6) is 23.0 Å². The molecule has 51 heavy (non-hydrogen) atoms. The summed E-state index contributed by atoms with van der Waals surface area (Å²) in [5.41, 5.74) is 4.41. The highest BCUT2D eigenvalue weighted by Gasteiger charge is 2.49. The molecule has 2 fully saturated rings. The largest absolute Gasteiger partial charge is 0.493 e. The first-order valence-corrected chi connectivity index (χ1v) is 16.8. The van der Waals surface area contributed by atoms with Crippen LogP contribution in [0.15, 0.2) is 66.9 Å². The van der Waals surface area contributed by atoms with E-state index in [2.05, 4.69) is 25.8 Å². The topological polar surface area (TPSA) is 140 Å². The van der Waals surface area contributed by atoms with Crippen molar-refractivity contribution in [2.75, 3.05) is 44.5 Å². The van der Waals surface area contributed by atoms with Crippen LogP contribution in [-0.2, 0) is 16.5 Å². The van der Waals surface area contributed by atoms with Gasteiger partial charge in [0.2, 0.25) is 5.91 Å². The fourth-order valence-electron chi connectivity index (χ4n) is 7.55. The first-order chi connectivity index (χ1) is 24.4. The average molecular weight is 707 g/mol. The van der Waals surface area contributed by atoms with Gasteiger partial charge in [0.1, 0.15) is 11.5 Å². The van der Waals surface area contributed by atoms with Gasteiger partial charge in [-0.15, -0.1) is 0 Å². The number of likely N-dealkylation sites (tertiary alicyclic amines) is 1. The minimum Gasteiger partial charge on any atom is -0.493 e. The molecule has 3 amide bonds. The van der Waals surface area contributed by atoms with Gasteiger partial charge in [-0.05, 0) is 81.6 Å². The summed E-state index contributed by atoms with van der Waals surface area (Å²) in [6, 6.07) is 15.0. The Bertz CT molecular complexity index is 1920. The summed E-state index contributed by atoms with van der Waals surface area (Å²) in [7, 11) is 3.06. The maximum Gasteiger partial charge on any atom is 0.418 e. The van der Waals surface area contributed by atoms with Crippen molar-refractivity contribution in [3.8, 4) is 23.0 Å². The number of methoxy groups -OCH3 is 2. The quantitative estimate of drug-likeness (QED) is 0.148. The van der Waals surface area contributed by atoms with Crippen LogP contribution in [-0.4, -0.2) is 61.7 Å². The van der Waals surface area contributed by atoms with E-state index in [1.54, 1.807) is 54.7 Å². The Balaban J connectivity index is 1.26. The first-order valence-electron chi connectivity index (χ1n) is 16.8. The number of ether oxygens (including phenoxy) is 3. The number of rotatable bonds is 9. The first kappa shape index (κ1) is 35.7. The van der Waals surface area contributed by atoms with Gasteiger partial charge in [0, 0.05) is 53.4 Å². The number of nitrogens with two attached hydrogens (primary N) is 1. The Labute approximate surface area is 293 Å². The van der Waals surface area contributed by atoms with E-state index in [4.69, 9.17) is 19.9 Å². The van der Waals surface area contributed by atoms with E-state index < -0.39 is 29.2 Å². The molecule has 0 spiro atoms. The second-order valence-electron chi connectivity index (χ2n) is 12.9. The highest BCUT2D eigenvalue weighted by Crippen LogP contribution is 2.49. The predicted molar refractivity (Wildman–Crippen MR) is 187 cm³/mol. The number of benzene rings is 3. The SMILES string of the molecule is COc1cc2nccc(Oc3cccc(NC(=O)Nc4cccc(C5(N6CCC(C(N)=O)CC6C)CCNCC5)c4C(F)(F)F)c3)c2cc1OC. The van der Waals surface area contributed by atoms with Crippen molar-refractivity contribution in [1.29, 1.82) is 0 Å². The van der Waals surface area contributed by atoms with Crippen LogP contribution < -0.4 is 35.9 Å².